The van der Waals surface area contributed by atoms with Gasteiger partial charge in [0.15, 0.2) is 11.6 Å². The van der Waals surface area contributed by atoms with Crippen molar-refractivity contribution in [3.8, 4) is 5.75 Å². The van der Waals surface area contributed by atoms with Crippen molar-refractivity contribution in [3.63, 3.8) is 0 Å². The Morgan fingerprint density at radius 2 is 1.93 bits per heavy atom. The number of rotatable bonds is 1. The van der Waals surface area contributed by atoms with Gasteiger partial charge < -0.3 is 10.8 Å². The van der Waals surface area contributed by atoms with E-state index in [0.717, 1.165) is 0 Å². The molecule has 0 saturated heterocycles. The Morgan fingerprint density at radius 1 is 1.43 bits per heavy atom. The molecule has 1 aromatic carbocycles. The van der Waals surface area contributed by atoms with E-state index in [4.69, 9.17) is 10.8 Å². The molecule has 0 aliphatic heterocycles. The van der Waals surface area contributed by atoms with E-state index in [2.05, 4.69) is 15.9 Å². The second-order valence-electron chi connectivity index (χ2n) is 2.71. The highest BCUT2D eigenvalue weighted by Gasteiger charge is 2.18. The van der Waals surface area contributed by atoms with Gasteiger partial charge in [0, 0.05) is 11.6 Å². The van der Waals surface area contributed by atoms with Crippen molar-refractivity contribution in [2.45, 2.75) is 13.0 Å². The Morgan fingerprint density at radius 3 is 2.36 bits per heavy atom. The van der Waals surface area contributed by atoms with Gasteiger partial charge >= 0.3 is 0 Å². The lowest BCUT2D eigenvalue weighted by Crippen LogP contribution is -2.07. The topological polar surface area (TPSA) is 46.2 Å². The highest BCUT2D eigenvalue weighted by atomic mass is 79.9. The fourth-order valence-electron chi connectivity index (χ4n) is 0.951. The Balaban J connectivity index is 0.00000169. The normalized spacial score (nSPS) is 12.1. The van der Waals surface area contributed by atoms with Crippen LogP contribution in [0.25, 0.3) is 0 Å². The monoisotopic (exact) mass is 287 g/mol. The zero-order valence-electron chi connectivity index (χ0n) is 7.22. The van der Waals surface area contributed by atoms with Crippen LogP contribution in [0.5, 0.6) is 5.75 Å². The first-order valence-corrected chi connectivity index (χ1v) is 4.36. The van der Waals surface area contributed by atoms with Crippen molar-refractivity contribution in [3.05, 3.63) is 27.7 Å². The van der Waals surface area contributed by atoms with E-state index in [1.54, 1.807) is 6.92 Å². The maximum atomic E-state index is 12.9. The van der Waals surface area contributed by atoms with Gasteiger partial charge in [0.05, 0.1) is 4.47 Å². The van der Waals surface area contributed by atoms with Gasteiger partial charge in [-0.3, -0.25) is 0 Å². The standard InChI is InChI=1S/C8H8BrF2NO.ClH/c1-3(12)4-2-5(9)6(10)7(11)8(4)13;/h2-3,13H,12H2,1H3;1H/t3-;/m0./s1. The minimum absolute atomic E-state index is 0. The molecule has 0 heterocycles. The largest absolute Gasteiger partial charge is 0.505 e. The summed E-state index contributed by atoms with van der Waals surface area (Å²) in [5, 5.41) is 9.16. The summed E-state index contributed by atoms with van der Waals surface area (Å²) in [6.45, 7) is 1.57. The molecule has 1 rings (SSSR count). The van der Waals surface area contributed by atoms with Gasteiger partial charge in [-0.15, -0.1) is 12.4 Å². The number of phenols is 1. The smallest absolute Gasteiger partial charge is 0.201 e. The number of hydrogen-bond donors (Lipinski definition) is 2. The SMILES string of the molecule is C[C@H](N)c1cc(Br)c(F)c(F)c1O.Cl. The quantitative estimate of drug-likeness (QED) is 0.781. The van der Waals surface area contributed by atoms with Crippen LogP contribution >= 0.6 is 28.3 Å². The molecule has 0 spiro atoms. The number of halogens is 4. The van der Waals surface area contributed by atoms with Crippen LogP contribution in [-0.4, -0.2) is 5.11 Å². The number of nitrogens with two attached hydrogens (primary N) is 1. The van der Waals surface area contributed by atoms with Crippen LogP contribution in [0.4, 0.5) is 8.78 Å². The maximum absolute atomic E-state index is 12.9. The maximum Gasteiger partial charge on any atom is 0.201 e. The molecule has 1 aromatic rings. The van der Waals surface area contributed by atoms with Gasteiger partial charge in [0.25, 0.3) is 0 Å². The molecule has 0 aliphatic carbocycles. The second-order valence-corrected chi connectivity index (χ2v) is 3.57. The molecule has 3 N–H and O–H groups in total. The number of hydrogen-bond acceptors (Lipinski definition) is 2. The third-order valence-electron chi connectivity index (χ3n) is 1.66. The van der Waals surface area contributed by atoms with Crippen LogP contribution in [0.1, 0.15) is 18.5 Å². The lowest BCUT2D eigenvalue weighted by atomic mass is 10.1. The highest BCUT2D eigenvalue weighted by molar-refractivity contribution is 9.10. The fraction of sp³-hybridized carbons (Fsp3) is 0.250. The number of benzene rings is 1. The molecule has 6 heteroatoms. The van der Waals surface area contributed by atoms with Gasteiger partial charge in [-0.2, -0.15) is 4.39 Å². The van der Waals surface area contributed by atoms with E-state index in [1.807, 2.05) is 0 Å². The fourth-order valence-corrected chi connectivity index (χ4v) is 1.37. The molecule has 2 nitrogen and oxygen atoms in total. The molecule has 0 aromatic heterocycles. The average molecular weight is 289 g/mol. The van der Waals surface area contributed by atoms with Crippen LogP contribution in [0.15, 0.2) is 10.5 Å². The van der Waals surface area contributed by atoms with E-state index < -0.39 is 23.4 Å². The molecule has 0 amide bonds. The van der Waals surface area contributed by atoms with Crippen LogP contribution in [0.3, 0.4) is 0 Å². The van der Waals surface area contributed by atoms with Crippen molar-refractivity contribution in [2.75, 3.05) is 0 Å². The van der Waals surface area contributed by atoms with Crippen molar-refractivity contribution in [1.29, 1.82) is 0 Å². The van der Waals surface area contributed by atoms with Crippen molar-refractivity contribution in [1.82, 2.24) is 0 Å². The Hall–Kier alpha value is -0.390. The summed E-state index contributed by atoms with van der Waals surface area (Å²) >= 11 is 2.82. The molecule has 0 unspecified atom stereocenters. The summed E-state index contributed by atoms with van der Waals surface area (Å²) in [4.78, 5) is 0. The van der Waals surface area contributed by atoms with E-state index in [1.165, 1.54) is 6.07 Å². The molecule has 0 radical (unpaired) electrons. The number of phenolic OH excluding ortho intramolecular Hbond substituents is 1. The van der Waals surface area contributed by atoms with E-state index >= 15 is 0 Å². The van der Waals surface area contributed by atoms with E-state index in [9.17, 15) is 8.78 Å². The van der Waals surface area contributed by atoms with Gasteiger partial charge in [-0.25, -0.2) is 4.39 Å². The molecular formula is C8H9BrClF2NO. The second kappa shape index (κ2) is 4.91. The zero-order valence-corrected chi connectivity index (χ0v) is 9.62. The van der Waals surface area contributed by atoms with Crippen LogP contribution < -0.4 is 5.73 Å². The lowest BCUT2D eigenvalue weighted by Gasteiger charge is -2.10. The van der Waals surface area contributed by atoms with E-state index in [-0.39, 0.29) is 22.4 Å². The van der Waals surface area contributed by atoms with Crippen LogP contribution in [0, 0.1) is 11.6 Å². The molecule has 0 fully saturated rings. The molecule has 0 aliphatic rings. The summed E-state index contributed by atoms with van der Waals surface area (Å²) in [6, 6.07) is 0.713. The van der Waals surface area contributed by atoms with Crippen molar-refractivity contribution < 1.29 is 13.9 Å². The summed E-state index contributed by atoms with van der Waals surface area (Å²) in [5.74, 6) is -3.11. The van der Waals surface area contributed by atoms with Gasteiger partial charge in [-0.05, 0) is 28.9 Å². The molecule has 0 saturated carbocycles. The first-order valence-electron chi connectivity index (χ1n) is 3.57. The molecule has 14 heavy (non-hydrogen) atoms. The van der Waals surface area contributed by atoms with Crippen molar-refractivity contribution in [2.24, 2.45) is 5.73 Å². The Kier molecular flexibility index (Phi) is 4.77. The molecular weight excluding hydrogens is 279 g/mol. The minimum Gasteiger partial charge on any atom is -0.505 e. The van der Waals surface area contributed by atoms with Gasteiger partial charge in [-0.1, -0.05) is 0 Å². The van der Waals surface area contributed by atoms with E-state index in [0.29, 0.717) is 0 Å². The van der Waals surface area contributed by atoms with Gasteiger partial charge in [0.2, 0.25) is 5.82 Å². The Labute approximate surface area is 94.6 Å². The molecule has 1 atom stereocenters. The van der Waals surface area contributed by atoms with Crippen molar-refractivity contribution >= 4 is 28.3 Å². The van der Waals surface area contributed by atoms with Crippen LogP contribution in [-0.2, 0) is 0 Å². The zero-order chi connectivity index (χ0) is 10.2. The predicted octanol–water partition coefficient (Wildman–Crippen LogP) is 2.87. The first kappa shape index (κ1) is 13.6. The summed E-state index contributed by atoms with van der Waals surface area (Å²) in [7, 11) is 0. The molecule has 80 valence electrons. The summed E-state index contributed by atoms with van der Waals surface area (Å²) < 4.78 is 25.7. The summed E-state index contributed by atoms with van der Waals surface area (Å²) in [6.07, 6.45) is 0. The number of aromatic hydroxyl groups is 1. The first-order chi connectivity index (χ1) is 5.95. The van der Waals surface area contributed by atoms with Gasteiger partial charge in [0.1, 0.15) is 0 Å². The summed E-state index contributed by atoms with van der Waals surface area (Å²) in [5.41, 5.74) is 5.60. The average Bonchev–Trinajstić information content (AvgIpc) is 2.07. The third-order valence-corrected chi connectivity index (χ3v) is 2.23. The van der Waals surface area contributed by atoms with Crippen LogP contribution in [0.2, 0.25) is 0 Å². The predicted molar refractivity (Wildman–Crippen MR) is 55.6 cm³/mol. The Bertz CT molecular complexity index is 347. The highest BCUT2D eigenvalue weighted by Crippen LogP contribution is 2.32. The lowest BCUT2D eigenvalue weighted by molar-refractivity contribution is 0.397. The minimum atomic E-state index is -1.28. The third kappa shape index (κ3) is 2.34. The molecule has 0 bridgehead atoms.